The maximum absolute atomic E-state index is 11.0. The molecule has 0 bridgehead atoms. The maximum atomic E-state index is 11.0. The molecule has 0 unspecified atom stereocenters. The smallest absolute Gasteiger partial charge is 0.221 e. The summed E-state index contributed by atoms with van der Waals surface area (Å²) in [6, 6.07) is 17.3. The Kier molecular flexibility index (Phi) is 4.90. The van der Waals surface area contributed by atoms with Crippen molar-refractivity contribution in [1.82, 2.24) is 10.2 Å². The van der Waals surface area contributed by atoms with E-state index in [1.807, 2.05) is 60.0 Å². The number of carbonyl (C=O) groups excluding carboxylic acids is 1. The zero-order valence-corrected chi connectivity index (χ0v) is 16.0. The van der Waals surface area contributed by atoms with Crippen molar-refractivity contribution in [3.63, 3.8) is 0 Å². The molecule has 140 valence electrons. The number of carbonyl (C=O) groups is 1. The molecule has 0 saturated heterocycles. The van der Waals surface area contributed by atoms with Crippen molar-refractivity contribution in [2.24, 2.45) is 5.73 Å². The fraction of sp³-hybridized carbons (Fsp3) is 0.0952. The lowest BCUT2D eigenvalue weighted by Crippen LogP contribution is -2.13. The van der Waals surface area contributed by atoms with Crippen LogP contribution in [0.5, 0.6) is 5.75 Å². The number of fused-ring (bicyclic) bond motifs is 1. The summed E-state index contributed by atoms with van der Waals surface area (Å²) >= 11 is 1.60. The topological polar surface area (TPSA) is 90.1 Å². The summed E-state index contributed by atoms with van der Waals surface area (Å²) in [5, 5.41) is 15.2. The normalized spacial score (nSPS) is 10.8. The van der Waals surface area contributed by atoms with Crippen LogP contribution in [0.3, 0.4) is 0 Å². The van der Waals surface area contributed by atoms with Crippen LogP contribution in [0.1, 0.15) is 5.56 Å². The van der Waals surface area contributed by atoms with Crippen molar-refractivity contribution in [3.05, 3.63) is 65.5 Å². The van der Waals surface area contributed by atoms with Crippen LogP contribution in [0, 0.1) is 0 Å². The molecule has 0 fully saturated rings. The highest BCUT2D eigenvalue weighted by Crippen LogP contribution is 2.37. The summed E-state index contributed by atoms with van der Waals surface area (Å²) in [5.74, 6) is 1.10. The van der Waals surface area contributed by atoms with Crippen molar-refractivity contribution in [2.75, 3.05) is 12.4 Å². The van der Waals surface area contributed by atoms with E-state index in [0.717, 1.165) is 38.3 Å². The third-order valence-electron chi connectivity index (χ3n) is 4.34. The Morgan fingerprint density at radius 3 is 2.64 bits per heavy atom. The highest BCUT2D eigenvalue weighted by Gasteiger charge is 2.15. The molecule has 2 aromatic heterocycles. The Bertz CT molecular complexity index is 1140. The Hall–Kier alpha value is -3.45. The zero-order valence-electron chi connectivity index (χ0n) is 15.2. The van der Waals surface area contributed by atoms with Gasteiger partial charge in [0.1, 0.15) is 11.4 Å². The molecular weight excluding hydrogens is 372 g/mol. The van der Waals surface area contributed by atoms with Crippen LogP contribution >= 0.6 is 11.3 Å². The average molecular weight is 390 g/mol. The SMILES string of the molecule is COc1ccccc1-c1nnc(Nc2ccc(CC(N)=O)cc2)c2sccc12. The lowest BCUT2D eigenvalue weighted by atomic mass is 10.1. The van der Waals surface area contributed by atoms with Crippen molar-refractivity contribution in [1.29, 1.82) is 0 Å². The Labute approximate surface area is 166 Å². The first kappa shape index (κ1) is 17.9. The number of thiophene rings is 1. The molecule has 2 heterocycles. The van der Waals surface area contributed by atoms with E-state index in [1.54, 1.807) is 18.4 Å². The number of nitrogens with zero attached hydrogens (tertiary/aromatic N) is 2. The molecular formula is C21H18N4O2S. The van der Waals surface area contributed by atoms with Crippen molar-refractivity contribution in [2.45, 2.75) is 6.42 Å². The minimum atomic E-state index is -0.348. The number of benzene rings is 2. The number of nitrogens with two attached hydrogens (primary N) is 1. The first-order chi connectivity index (χ1) is 13.7. The minimum Gasteiger partial charge on any atom is -0.496 e. The van der Waals surface area contributed by atoms with E-state index in [2.05, 4.69) is 15.5 Å². The number of nitrogens with one attached hydrogen (secondary N) is 1. The van der Waals surface area contributed by atoms with Gasteiger partial charge in [0.15, 0.2) is 5.82 Å². The fourth-order valence-corrected chi connectivity index (χ4v) is 3.88. The van der Waals surface area contributed by atoms with Crippen LogP contribution in [0.4, 0.5) is 11.5 Å². The summed E-state index contributed by atoms with van der Waals surface area (Å²) in [5.41, 5.74) is 8.67. The summed E-state index contributed by atoms with van der Waals surface area (Å²) in [4.78, 5) is 11.0. The number of anilines is 2. The van der Waals surface area contributed by atoms with Gasteiger partial charge in [-0.2, -0.15) is 0 Å². The van der Waals surface area contributed by atoms with E-state index in [4.69, 9.17) is 10.5 Å². The van der Waals surface area contributed by atoms with Gasteiger partial charge in [0.05, 0.1) is 18.2 Å². The molecule has 2 aromatic carbocycles. The van der Waals surface area contributed by atoms with Crippen LogP contribution in [0.25, 0.3) is 21.3 Å². The van der Waals surface area contributed by atoms with E-state index >= 15 is 0 Å². The lowest BCUT2D eigenvalue weighted by molar-refractivity contribution is -0.117. The molecule has 6 nitrogen and oxygen atoms in total. The number of methoxy groups -OCH3 is 1. The number of para-hydroxylation sites is 1. The third-order valence-corrected chi connectivity index (χ3v) is 5.26. The van der Waals surface area contributed by atoms with Gasteiger partial charge in [0.25, 0.3) is 0 Å². The number of amides is 1. The van der Waals surface area contributed by atoms with E-state index in [0.29, 0.717) is 5.82 Å². The molecule has 28 heavy (non-hydrogen) atoms. The van der Waals surface area contributed by atoms with Gasteiger partial charge in [-0.25, -0.2) is 0 Å². The number of rotatable bonds is 6. The van der Waals surface area contributed by atoms with Gasteiger partial charge in [-0.1, -0.05) is 24.3 Å². The second-order valence-electron chi connectivity index (χ2n) is 6.23. The van der Waals surface area contributed by atoms with E-state index < -0.39 is 0 Å². The highest BCUT2D eigenvalue weighted by molar-refractivity contribution is 7.17. The van der Waals surface area contributed by atoms with E-state index in [1.165, 1.54) is 0 Å². The van der Waals surface area contributed by atoms with Crippen LogP contribution in [0.15, 0.2) is 60.0 Å². The zero-order chi connectivity index (χ0) is 19.5. The number of hydrogen-bond acceptors (Lipinski definition) is 6. The van der Waals surface area contributed by atoms with Gasteiger partial charge in [-0.3, -0.25) is 4.79 Å². The molecule has 0 radical (unpaired) electrons. The molecule has 0 atom stereocenters. The molecule has 4 rings (SSSR count). The monoisotopic (exact) mass is 390 g/mol. The minimum absolute atomic E-state index is 0.225. The number of hydrogen-bond donors (Lipinski definition) is 2. The summed E-state index contributed by atoms with van der Waals surface area (Å²) in [6.45, 7) is 0. The molecule has 0 saturated carbocycles. The predicted octanol–water partition coefficient (Wildman–Crippen LogP) is 4.14. The molecule has 3 N–H and O–H groups in total. The molecule has 0 aliphatic rings. The third kappa shape index (κ3) is 3.52. The van der Waals surface area contributed by atoms with E-state index in [-0.39, 0.29) is 12.3 Å². The summed E-state index contributed by atoms with van der Waals surface area (Å²) < 4.78 is 6.49. The molecule has 7 heteroatoms. The standard InChI is InChI=1S/C21H18N4O2S/c1-27-17-5-3-2-4-15(17)19-16-10-11-28-20(16)21(25-24-19)23-14-8-6-13(7-9-14)12-18(22)26/h2-11H,12H2,1H3,(H2,22,26)(H,23,25). The lowest BCUT2D eigenvalue weighted by Gasteiger charge is -2.11. The summed E-state index contributed by atoms with van der Waals surface area (Å²) in [7, 11) is 1.65. The second-order valence-corrected chi connectivity index (χ2v) is 7.14. The maximum Gasteiger partial charge on any atom is 0.221 e. The first-order valence-electron chi connectivity index (χ1n) is 8.67. The molecule has 0 aliphatic heterocycles. The van der Waals surface area contributed by atoms with Crippen LogP contribution in [0.2, 0.25) is 0 Å². The van der Waals surface area contributed by atoms with Crippen molar-refractivity contribution in [3.8, 4) is 17.0 Å². The Morgan fingerprint density at radius 2 is 1.89 bits per heavy atom. The average Bonchev–Trinajstić information content (AvgIpc) is 3.20. The van der Waals surface area contributed by atoms with Gasteiger partial charge < -0.3 is 15.8 Å². The summed E-state index contributed by atoms with van der Waals surface area (Å²) in [6.07, 6.45) is 0.225. The van der Waals surface area contributed by atoms with Gasteiger partial charge in [-0.05, 0) is 41.3 Å². The largest absolute Gasteiger partial charge is 0.496 e. The first-order valence-corrected chi connectivity index (χ1v) is 9.55. The van der Waals surface area contributed by atoms with Gasteiger partial charge >= 0.3 is 0 Å². The van der Waals surface area contributed by atoms with Gasteiger partial charge in [0.2, 0.25) is 5.91 Å². The number of primary amides is 1. The van der Waals surface area contributed by atoms with Gasteiger partial charge in [-0.15, -0.1) is 21.5 Å². The molecule has 0 aliphatic carbocycles. The second kappa shape index (κ2) is 7.66. The van der Waals surface area contributed by atoms with Crippen LogP contribution in [-0.2, 0) is 11.2 Å². The van der Waals surface area contributed by atoms with Crippen molar-refractivity contribution < 1.29 is 9.53 Å². The number of ether oxygens (including phenoxy) is 1. The van der Waals surface area contributed by atoms with Crippen LogP contribution in [-0.4, -0.2) is 23.2 Å². The molecule has 0 spiro atoms. The molecule has 4 aromatic rings. The molecule has 1 amide bonds. The van der Waals surface area contributed by atoms with E-state index in [9.17, 15) is 4.79 Å². The Morgan fingerprint density at radius 1 is 1.11 bits per heavy atom. The fourth-order valence-electron chi connectivity index (χ4n) is 3.04. The van der Waals surface area contributed by atoms with Gasteiger partial charge in [0, 0.05) is 16.6 Å². The van der Waals surface area contributed by atoms with Crippen molar-refractivity contribution >= 4 is 38.8 Å². The quantitative estimate of drug-likeness (QED) is 0.516. The Balaban J connectivity index is 1.69. The predicted molar refractivity (Wildman–Crippen MR) is 112 cm³/mol. The number of aromatic nitrogens is 2. The highest BCUT2D eigenvalue weighted by atomic mass is 32.1. The van der Waals surface area contributed by atoms with Crippen LogP contribution < -0.4 is 15.8 Å².